The molecule has 1 aromatic heterocycles. The van der Waals surface area contributed by atoms with E-state index < -0.39 is 0 Å². The van der Waals surface area contributed by atoms with E-state index in [1.54, 1.807) is 6.20 Å². The molecule has 1 aromatic rings. The standard InChI is InChI=1S/C17H19N3O2S/c1-10-2-14(13-7-19-6-11(5-18)15(13)21)20(8-10)16(22)17-3-12(4-17)23-9-17/h6-7,10,12,14H,2-4,8-9H2,1H3,(H,19,21)/t10-,12?,14+,17?/m1/s1. The van der Waals surface area contributed by atoms with Gasteiger partial charge in [0.2, 0.25) is 11.3 Å². The molecule has 0 aromatic carbocycles. The number of H-pyrrole nitrogens is 1. The van der Waals surface area contributed by atoms with Crippen LogP contribution in [-0.2, 0) is 4.79 Å². The summed E-state index contributed by atoms with van der Waals surface area (Å²) >= 11 is 1.91. The van der Waals surface area contributed by atoms with Gasteiger partial charge in [-0.05, 0) is 25.2 Å². The van der Waals surface area contributed by atoms with Gasteiger partial charge in [-0.15, -0.1) is 0 Å². The number of hydrogen-bond acceptors (Lipinski definition) is 4. The van der Waals surface area contributed by atoms with Gasteiger partial charge in [0, 0.05) is 35.5 Å². The van der Waals surface area contributed by atoms with Crippen LogP contribution in [-0.4, -0.2) is 33.3 Å². The molecule has 2 atom stereocenters. The number of nitrogens with one attached hydrogen (secondary N) is 1. The molecule has 0 radical (unpaired) electrons. The summed E-state index contributed by atoms with van der Waals surface area (Å²) < 4.78 is 0. The molecule has 6 heteroatoms. The van der Waals surface area contributed by atoms with Gasteiger partial charge in [0.1, 0.15) is 11.6 Å². The minimum absolute atomic E-state index is 0.118. The maximum absolute atomic E-state index is 13.1. The van der Waals surface area contributed by atoms with Crippen molar-refractivity contribution in [3.8, 4) is 6.07 Å². The van der Waals surface area contributed by atoms with Gasteiger partial charge in [-0.3, -0.25) is 9.59 Å². The zero-order chi connectivity index (χ0) is 16.2. The van der Waals surface area contributed by atoms with Gasteiger partial charge in [-0.1, -0.05) is 6.92 Å². The highest BCUT2D eigenvalue weighted by atomic mass is 32.2. The number of likely N-dealkylation sites (tertiary alicyclic amines) is 1. The second-order valence-electron chi connectivity index (χ2n) is 7.20. The number of hydrogen-bond donors (Lipinski definition) is 1. The number of fused-ring (bicyclic) bond motifs is 1. The first kappa shape index (κ1) is 14.8. The highest BCUT2D eigenvalue weighted by Gasteiger charge is 2.58. The lowest BCUT2D eigenvalue weighted by Crippen LogP contribution is -2.49. The molecule has 1 N–H and O–H groups in total. The van der Waals surface area contributed by atoms with Crippen LogP contribution in [0.25, 0.3) is 0 Å². The van der Waals surface area contributed by atoms with E-state index in [1.807, 2.05) is 22.7 Å². The maximum Gasteiger partial charge on any atom is 0.230 e. The van der Waals surface area contributed by atoms with Crippen LogP contribution in [0.4, 0.5) is 0 Å². The van der Waals surface area contributed by atoms with E-state index in [1.165, 1.54) is 6.20 Å². The van der Waals surface area contributed by atoms with Crippen molar-refractivity contribution in [3.05, 3.63) is 33.7 Å². The Labute approximate surface area is 139 Å². The molecule has 4 aliphatic rings. The summed E-state index contributed by atoms with van der Waals surface area (Å²) in [4.78, 5) is 30.4. The molecule has 120 valence electrons. The Kier molecular flexibility index (Phi) is 3.31. The third-order valence-corrected chi connectivity index (χ3v) is 7.03. The smallest absolute Gasteiger partial charge is 0.230 e. The van der Waals surface area contributed by atoms with Crippen LogP contribution in [0.2, 0.25) is 0 Å². The third kappa shape index (κ3) is 2.13. The lowest BCUT2D eigenvalue weighted by Gasteiger charge is -2.40. The SMILES string of the molecule is C[C@@H]1C[C@@H](c2c[nH]cc(C#N)c2=O)N(C(=O)C23CSC(C2)C3)C1. The van der Waals surface area contributed by atoms with Gasteiger partial charge in [0.15, 0.2) is 0 Å². The highest BCUT2D eigenvalue weighted by Crippen LogP contribution is 2.59. The fraction of sp³-hybridized carbons (Fsp3) is 0.588. The van der Waals surface area contributed by atoms with Gasteiger partial charge >= 0.3 is 0 Å². The molecule has 5 nitrogen and oxygen atoms in total. The molecular formula is C17H19N3O2S. The monoisotopic (exact) mass is 329 g/mol. The molecule has 3 saturated heterocycles. The second-order valence-corrected chi connectivity index (χ2v) is 8.49. The van der Waals surface area contributed by atoms with Crippen LogP contribution in [0, 0.1) is 22.7 Å². The number of amides is 1. The molecule has 4 heterocycles. The van der Waals surface area contributed by atoms with Crippen molar-refractivity contribution in [2.75, 3.05) is 12.3 Å². The summed E-state index contributed by atoms with van der Waals surface area (Å²) in [7, 11) is 0. The predicted molar refractivity (Wildman–Crippen MR) is 87.9 cm³/mol. The summed E-state index contributed by atoms with van der Waals surface area (Å²) in [6, 6.07) is 1.73. The molecule has 5 rings (SSSR count). The summed E-state index contributed by atoms with van der Waals surface area (Å²) in [5, 5.41) is 9.73. The quantitative estimate of drug-likeness (QED) is 0.901. The van der Waals surface area contributed by atoms with Crippen LogP contribution in [0.1, 0.15) is 43.4 Å². The fourth-order valence-corrected chi connectivity index (χ4v) is 6.05. The number of pyridine rings is 1. The number of thioether (sulfide) groups is 1. The first-order chi connectivity index (χ1) is 11.0. The molecule has 23 heavy (non-hydrogen) atoms. The van der Waals surface area contributed by atoms with Crippen LogP contribution >= 0.6 is 11.8 Å². The van der Waals surface area contributed by atoms with Gasteiger partial charge in [0.05, 0.1) is 11.5 Å². The number of nitrogens with zero attached hydrogens (tertiary/aromatic N) is 2. The number of aromatic nitrogens is 1. The number of nitriles is 1. The normalized spacial score (nSPS) is 35.0. The van der Waals surface area contributed by atoms with Crippen molar-refractivity contribution in [1.29, 1.82) is 5.26 Å². The van der Waals surface area contributed by atoms with E-state index in [2.05, 4.69) is 11.9 Å². The Morgan fingerprint density at radius 2 is 2.26 bits per heavy atom. The number of carbonyl (C=O) groups excluding carboxylic acids is 1. The van der Waals surface area contributed by atoms with Gasteiger partial charge in [-0.2, -0.15) is 17.0 Å². The van der Waals surface area contributed by atoms with Crippen LogP contribution < -0.4 is 5.43 Å². The predicted octanol–water partition coefficient (Wildman–Crippen LogP) is 2.05. The first-order valence-corrected chi connectivity index (χ1v) is 9.13. The van der Waals surface area contributed by atoms with Crippen molar-refractivity contribution >= 4 is 17.7 Å². The van der Waals surface area contributed by atoms with E-state index in [4.69, 9.17) is 5.26 Å². The lowest BCUT2D eigenvalue weighted by molar-refractivity contribution is -0.145. The molecule has 0 unspecified atom stereocenters. The minimum atomic E-state index is -0.243. The average Bonchev–Trinajstić information content (AvgIpc) is 3.20. The maximum atomic E-state index is 13.1. The van der Waals surface area contributed by atoms with Crippen LogP contribution in [0.3, 0.4) is 0 Å². The largest absolute Gasteiger partial charge is 0.366 e. The van der Waals surface area contributed by atoms with E-state index in [-0.39, 0.29) is 28.4 Å². The third-order valence-electron chi connectivity index (χ3n) is 5.51. The second kappa shape index (κ2) is 5.13. The Morgan fingerprint density at radius 3 is 2.91 bits per heavy atom. The molecule has 4 fully saturated rings. The van der Waals surface area contributed by atoms with Gasteiger partial charge in [-0.25, -0.2) is 0 Å². The minimum Gasteiger partial charge on any atom is -0.366 e. The molecule has 1 saturated carbocycles. The Morgan fingerprint density at radius 1 is 1.48 bits per heavy atom. The molecule has 1 amide bonds. The average molecular weight is 329 g/mol. The summed E-state index contributed by atoms with van der Waals surface area (Å²) in [5.74, 6) is 1.51. The Hall–Kier alpha value is -1.74. The summed E-state index contributed by atoms with van der Waals surface area (Å²) in [5.41, 5.74) is 0.248. The van der Waals surface area contributed by atoms with Crippen LogP contribution in [0.15, 0.2) is 17.2 Å². The van der Waals surface area contributed by atoms with Crippen molar-refractivity contribution in [2.45, 2.75) is 37.5 Å². The van der Waals surface area contributed by atoms with Crippen molar-refractivity contribution in [3.63, 3.8) is 0 Å². The molecule has 1 aliphatic carbocycles. The highest BCUT2D eigenvalue weighted by molar-refractivity contribution is 8.00. The van der Waals surface area contributed by atoms with E-state index in [9.17, 15) is 9.59 Å². The zero-order valence-electron chi connectivity index (χ0n) is 13.0. The first-order valence-electron chi connectivity index (χ1n) is 8.08. The van der Waals surface area contributed by atoms with Crippen molar-refractivity contribution in [1.82, 2.24) is 9.88 Å². The Bertz CT molecular complexity index is 754. The lowest BCUT2D eigenvalue weighted by atomic mass is 9.69. The number of aromatic amines is 1. The van der Waals surface area contributed by atoms with Crippen molar-refractivity contribution in [2.24, 2.45) is 11.3 Å². The molecule has 0 spiro atoms. The van der Waals surface area contributed by atoms with Gasteiger partial charge < -0.3 is 9.88 Å². The van der Waals surface area contributed by atoms with Gasteiger partial charge in [0.25, 0.3) is 0 Å². The number of rotatable bonds is 2. The molecule has 2 bridgehead atoms. The number of carbonyl (C=O) groups is 1. The molecule has 3 aliphatic heterocycles. The van der Waals surface area contributed by atoms with E-state index in [0.29, 0.717) is 23.3 Å². The summed E-state index contributed by atoms with van der Waals surface area (Å²) in [6.07, 6.45) is 5.86. The zero-order valence-corrected chi connectivity index (χ0v) is 13.9. The van der Waals surface area contributed by atoms with E-state index >= 15 is 0 Å². The van der Waals surface area contributed by atoms with Crippen LogP contribution in [0.5, 0.6) is 0 Å². The van der Waals surface area contributed by atoms with E-state index in [0.717, 1.165) is 25.0 Å². The Balaban J connectivity index is 1.69. The topological polar surface area (TPSA) is 77.0 Å². The summed E-state index contributed by atoms with van der Waals surface area (Å²) in [6.45, 7) is 2.82. The fourth-order valence-electron chi connectivity index (χ4n) is 4.26. The molecular weight excluding hydrogens is 310 g/mol. The van der Waals surface area contributed by atoms with Crippen molar-refractivity contribution < 1.29 is 4.79 Å².